The van der Waals surface area contributed by atoms with E-state index < -0.39 is 17.8 Å². The van der Waals surface area contributed by atoms with Crippen molar-refractivity contribution in [2.24, 2.45) is 11.8 Å². The van der Waals surface area contributed by atoms with Crippen molar-refractivity contribution in [3.8, 4) is 5.75 Å². The summed E-state index contributed by atoms with van der Waals surface area (Å²) >= 11 is 1.02. The van der Waals surface area contributed by atoms with Crippen molar-refractivity contribution >= 4 is 45.7 Å². The smallest absolute Gasteiger partial charge is 0.341 e. The lowest BCUT2D eigenvalue weighted by atomic mass is 10.1. The predicted octanol–water partition coefficient (Wildman–Crippen LogP) is 3.69. The molecule has 2 heterocycles. The third-order valence-electron chi connectivity index (χ3n) is 6.18. The molecule has 1 aromatic heterocycles. The molecule has 1 aromatic carbocycles. The van der Waals surface area contributed by atoms with E-state index in [1.807, 2.05) is 0 Å². The van der Waals surface area contributed by atoms with Gasteiger partial charge in [-0.15, -0.1) is 11.3 Å². The number of ether oxygens (including phenoxy) is 2. The molecule has 3 amide bonds. The number of anilines is 2. The van der Waals surface area contributed by atoms with Crippen LogP contribution in [0.4, 0.5) is 10.7 Å². The summed E-state index contributed by atoms with van der Waals surface area (Å²) in [4.78, 5) is 53.1. The maximum absolute atomic E-state index is 13.0. The monoisotopic (exact) mass is 499 g/mol. The van der Waals surface area contributed by atoms with Gasteiger partial charge in [-0.05, 0) is 62.4 Å². The molecule has 186 valence electrons. The second kappa shape index (κ2) is 10.5. The number of benzene rings is 1. The zero-order valence-electron chi connectivity index (χ0n) is 20.0. The van der Waals surface area contributed by atoms with Gasteiger partial charge >= 0.3 is 5.97 Å². The Bertz CT molecular complexity index is 1140. The largest absolute Gasteiger partial charge is 0.497 e. The number of nitrogens with one attached hydrogen (secondary N) is 2. The minimum atomic E-state index is -0.613. The Balaban J connectivity index is 1.53. The van der Waals surface area contributed by atoms with Crippen LogP contribution in [0.1, 0.15) is 51.8 Å². The SMILES string of the molecule is CCOC(=O)c1c(NC(=O)C2CC(=O)N(CC3CC3)C2)sc(C(=O)Nc2ccc(OC)cc2)c1C. The number of methoxy groups -OCH3 is 1. The van der Waals surface area contributed by atoms with Crippen molar-refractivity contribution in [3.63, 3.8) is 0 Å². The van der Waals surface area contributed by atoms with E-state index >= 15 is 0 Å². The van der Waals surface area contributed by atoms with Crippen LogP contribution in [0, 0.1) is 18.8 Å². The Morgan fingerprint density at radius 2 is 1.86 bits per heavy atom. The summed E-state index contributed by atoms with van der Waals surface area (Å²) in [6, 6.07) is 6.86. The molecule has 0 radical (unpaired) electrons. The number of thiophene rings is 1. The van der Waals surface area contributed by atoms with E-state index in [1.54, 1.807) is 50.1 Å². The molecule has 10 heteroatoms. The molecule has 1 aliphatic heterocycles. The average molecular weight is 500 g/mol. The fourth-order valence-corrected chi connectivity index (χ4v) is 5.17. The van der Waals surface area contributed by atoms with E-state index in [-0.39, 0.29) is 40.3 Å². The molecular formula is C25H29N3O6S. The van der Waals surface area contributed by atoms with E-state index in [0.29, 0.717) is 36.0 Å². The molecule has 0 bridgehead atoms. The molecule has 2 aromatic rings. The number of hydrogen-bond donors (Lipinski definition) is 2. The van der Waals surface area contributed by atoms with Gasteiger partial charge in [-0.1, -0.05) is 0 Å². The van der Waals surface area contributed by atoms with Crippen LogP contribution in [0.2, 0.25) is 0 Å². The summed E-state index contributed by atoms with van der Waals surface area (Å²) in [7, 11) is 1.56. The first-order chi connectivity index (χ1) is 16.8. The number of nitrogens with zero attached hydrogens (tertiary/aromatic N) is 1. The number of hydrogen-bond acceptors (Lipinski definition) is 7. The normalized spacial score (nSPS) is 17.3. The molecule has 0 spiro atoms. The first kappa shape index (κ1) is 24.7. The van der Waals surface area contributed by atoms with Crippen molar-refractivity contribution < 1.29 is 28.7 Å². The number of carbonyl (C=O) groups excluding carboxylic acids is 4. The van der Waals surface area contributed by atoms with E-state index in [2.05, 4.69) is 10.6 Å². The summed E-state index contributed by atoms with van der Waals surface area (Å²) in [5, 5.41) is 5.85. The standard InChI is InChI=1S/C25H29N3O6S/c1-4-34-25(32)20-14(2)21(23(31)26-17-7-9-18(33-3)10-8-17)35-24(20)27-22(30)16-11-19(29)28(13-16)12-15-5-6-15/h7-10,15-16H,4-6,11-13H2,1-3H3,(H,26,31)(H,27,30). The topological polar surface area (TPSA) is 114 Å². The lowest BCUT2D eigenvalue weighted by Crippen LogP contribution is -2.30. The lowest BCUT2D eigenvalue weighted by Gasteiger charge is -2.16. The van der Waals surface area contributed by atoms with Gasteiger partial charge < -0.3 is 25.0 Å². The molecule has 1 saturated heterocycles. The molecule has 35 heavy (non-hydrogen) atoms. The van der Waals surface area contributed by atoms with Crippen LogP contribution in [0.3, 0.4) is 0 Å². The fraction of sp³-hybridized carbons (Fsp3) is 0.440. The van der Waals surface area contributed by atoms with Gasteiger partial charge in [0, 0.05) is 25.2 Å². The van der Waals surface area contributed by atoms with Crippen LogP contribution < -0.4 is 15.4 Å². The molecule has 1 atom stereocenters. The Hall–Kier alpha value is -3.40. The highest BCUT2D eigenvalue weighted by atomic mass is 32.1. The van der Waals surface area contributed by atoms with Gasteiger partial charge in [0.15, 0.2) is 0 Å². The molecule has 1 unspecified atom stereocenters. The number of amides is 3. The molecule has 4 rings (SSSR count). The van der Waals surface area contributed by atoms with Crippen molar-refractivity contribution in [2.45, 2.75) is 33.1 Å². The summed E-state index contributed by atoms with van der Waals surface area (Å²) in [6.45, 7) is 4.56. The summed E-state index contributed by atoms with van der Waals surface area (Å²) in [6.07, 6.45) is 2.39. The molecule has 2 N–H and O–H groups in total. The maximum Gasteiger partial charge on any atom is 0.341 e. The van der Waals surface area contributed by atoms with Crippen LogP contribution in [0.15, 0.2) is 24.3 Å². The number of esters is 1. The highest BCUT2D eigenvalue weighted by molar-refractivity contribution is 7.19. The minimum Gasteiger partial charge on any atom is -0.497 e. The van der Waals surface area contributed by atoms with E-state index in [4.69, 9.17) is 9.47 Å². The van der Waals surface area contributed by atoms with Crippen LogP contribution >= 0.6 is 11.3 Å². The molecular weight excluding hydrogens is 470 g/mol. The average Bonchev–Trinajstić information content (AvgIpc) is 3.49. The van der Waals surface area contributed by atoms with Crippen molar-refractivity contribution in [1.82, 2.24) is 4.90 Å². The number of rotatable bonds is 9. The van der Waals surface area contributed by atoms with Gasteiger partial charge in [0.2, 0.25) is 11.8 Å². The molecule has 9 nitrogen and oxygen atoms in total. The molecule has 2 fully saturated rings. The second-order valence-corrected chi connectivity index (χ2v) is 9.82. The number of carbonyl (C=O) groups is 4. The first-order valence-corrected chi connectivity index (χ1v) is 12.5. The minimum absolute atomic E-state index is 0.0235. The van der Waals surface area contributed by atoms with Gasteiger partial charge in [-0.2, -0.15) is 0 Å². The molecule has 1 aliphatic carbocycles. The zero-order valence-corrected chi connectivity index (χ0v) is 20.8. The zero-order chi connectivity index (χ0) is 25.1. The quantitative estimate of drug-likeness (QED) is 0.509. The summed E-state index contributed by atoms with van der Waals surface area (Å²) in [5.41, 5.74) is 1.14. The van der Waals surface area contributed by atoms with E-state index in [1.165, 1.54) is 0 Å². The lowest BCUT2D eigenvalue weighted by molar-refractivity contribution is -0.128. The van der Waals surface area contributed by atoms with Gasteiger partial charge in [-0.25, -0.2) is 4.79 Å². The molecule has 2 aliphatic rings. The highest BCUT2D eigenvalue weighted by Crippen LogP contribution is 2.36. The van der Waals surface area contributed by atoms with Gasteiger partial charge in [0.05, 0.1) is 30.1 Å². The second-order valence-electron chi connectivity index (χ2n) is 8.80. The Kier molecular flexibility index (Phi) is 7.39. The third kappa shape index (κ3) is 5.64. The van der Waals surface area contributed by atoms with Crippen LogP contribution in [-0.2, 0) is 14.3 Å². The van der Waals surface area contributed by atoms with E-state index in [0.717, 1.165) is 24.2 Å². The Labute approximate surface area is 207 Å². The number of likely N-dealkylation sites (tertiary alicyclic amines) is 1. The summed E-state index contributed by atoms with van der Waals surface area (Å²) in [5.74, 6) is -0.687. The highest BCUT2D eigenvalue weighted by Gasteiger charge is 2.38. The van der Waals surface area contributed by atoms with Crippen molar-refractivity contribution in [2.75, 3.05) is 37.4 Å². The van der Waals surface area contributed by atoms with E-state index in [9.17, 15) is 19.2 Å². The fourth-order valence-electron chi connectivity index (χ4n) is 4.08. The maximum atomic E-state index is 13.0. The van der Waals surface area contributed by atoms with Gasteiger partial charge in [0.25, 0.3) is 5.91 Å². The first-order valence-electron chi connectivity index (χ1n) is 11.6. The predicted molar refractivity (Wildman–Crippen MR) is 132 cm³/mol. The Morgan fingerprint density at radius 3 is 2.49 bits per heavy atom. The van der Waals surface area contributed by atoms with Crippen molar-refractivity contribution in [3.05, 3.63) is 40.3 Å². The van der Waals surface area contributed by atoms with Crippen LogP contribution in [0.25, 0.3) is 0 Å². The van der Waals surface area contributed by atoms with Gasteiger partial charge in [0.1, 0.15) is 10.8 Å². The van der Waals surface area contributed by atoms with Gasteiger partial charge in [-0.3, -0.25) is 14.4 Å². The van der Waals surface area contributed by atoms with Crippen molar-refractivity contribution in [1.29, 1.82) is 0 Å². The van der Waals surface area contributed by atoms with Crippen LogP contribution in [0.5, 0.6) is 5.75 Å². The van der Waals surface area contributed by atoms with Crippen LogP contribution in [-0.4, -0.2) is 55.4 Å². The molecule has 1 saturated carbocycles. The summed E-state index contributed by atoms with van der Waals surface area (Å²) < 4.78 is 10.3. The Morgan fingerprint density at radius 1 is 1.14 bits per heavy atom. The third-order valence-corrected chi connectivity index (χ3v) is 7.38.